The molecule has 120 valence electrons. The third kappa shape index (κ3) is 9.12. The van der Waals surface area contributed by atoms with Crippen molar-refractivity contribution in [3.8, 4) is 0 Å². The average molecular weight is 313 g/mol. The number of halogens is 1. The zero-order valence-corrected chi connectivity index (χ0v) is 14.1. The molecule has 0 aliphatic carbocycles. The summed E-state index contributed by atoms with van der Waals surface area (Å²) < 4.78 is 18.0. The molecule has 1 atom stereocenters. The van der Waals surface area contributed by atoms with E-state index in [-0.39, 0.29) is 5.82 Å². The van der Waals surface area contributed by atoms with Gasteiger partial charge in [-0.1, -0.05) is 19.1 Å². The Labute approximate surface area is 132 Å². The molecule has 0 saturated carbocycles. The molecule has 0 fully saturated rings. The molecule has 1 rings (SSSR count). The first-order valence-corrected chi connectivity index (χ1v) is 8.93. The maximum absolute atomic E-state index is 13.0. The number of hydrogen-bond acceptors (Lipinski definition) is 3. The molecule has 0 aliphatic rings. The third-order valence-electron chi connectivity index (χ3n) is 3.46. The largest absolute Gasteiger partial charge is 0.383 e. The highest BCUT2D eigenvalue weighted by Crippen LogP contribution is 2.16. The summed E-state index contributed by atoms with van der Waals surface area (Å²) in [5.74, 6) is 2.86. The fraction of sp³-hybridized carbons (Fsp3) is 0.647. The lowest BCUT2D eigenvalue weighted by Gasteiger charge is -2.18. The fourth-order valence-corrected chi connectivity index (χ4v) is 2.99. The number of nitrogens with one attached hydrogen (secondary N) is 1. The predicted molar refractivity (Wildman–Crippen MR) is 90.6 cm³/mol. The summed E-state index contributed by atoms with van der Waals surface area (Å²) in [7, 11) is 1.72. The van der Waals surface area contributed by atoms with Gasteiger partial charge in [-0.15, -0.1) is 0 Å². The lowest BCUT2D eigenvalue weighted by molar-refractivity contribution is 0.197. The number of thioether (sulfide) groups is 1. The highest BCUT2D eigenvalue weighted by molar-refractivity contribution is 7.99. The van der Waals surface area contributed by atoms with E-state index in [1.165, 1.54) is 29.9 Å². The van der Waals surface area contributed by atoms with Crippen LogP contribution < -0.4 is 5.32 Å². The van der Waals surface area contributed by atoms with Gasteiger partial charge in [0.05, 0.1) is 6.61 Å². The van der Waals surface area contributed by atoms with E-state index >= 15 is 0 Å². The second kappa shape index (κ2) is 12.0. The number of rotatable bonds is 12. The molecule has 2 nitrogen and oxygen atoms in total. The summed E-state index contributed by atoms with van der Waals surface area (Å²) in [6.07, 6.45) is 3.47. The van der Waals surface area contributed by atoms with Crippen LogP contribution in [0.5, 0.6) is 0 Å². The molecule has 0 amide bonds. The Morgan fingerprint density at radius 1 is 1.29 bits per heavy atom. The van der Waals surface area contributed by atoms with Crippen molar-refractivity contribution in [3.05, 3.63) is 35.6 Å². The molecule has 1 N–H and O–H groups in total. The molecule has 4 heteroatoms. The van der Waals surface area contributed by atoms with Crippen LogP contribution in [0.2, 0.25) is 0 Å². The zero-order chi connectivity index (χ0) is 15.3. The van der Waals surface area contributed by atoms with Crippen LogP contribution >= 0.6 is 11.8 Å². The second-order valence-corrected chi connectivity index (χ2v) is 6.63. The van der Waals surface area contributed by atoms with Gasteiger partial charge >= 0.3 is 0 Å². The molecule has 0 radical (unpaired) electrons. The van der Waals surface area contributed by atoms with E-state index in [1.54, 1.807) is 19.2 Å². The topological polar surface area (TPSA) is 21.3 Å². The van der Waals surface area contributed by atoms with E-state index in [9.17, 15) is 4.39 Å². The summed E-state index contributed by atoms with van der Waals surface area (Å²) in [5.41, 5.74) is 1.22. The average Bonchev–Trinajstić information content (AvgIpc) is 2.50. The molecule has 21 heavy (non-hydrogen) atoms. The first kappa shape index (κ1) is 18.5. The van der Waals surface area contributed by atoms with E-state index in [0.29, 0.717) is 5.92 Å². The van der Waals surface area contributed by atoms with E-state index in [0.717, 1.165) is 26.1 Å². The maximum atomic E-state index is 13.0. The SMILES string of the molecule is CCSCCCC(CNCCOC)Cc1ccc(F)cc1. The first-order valence-electron chi connectivity index (χ1n) is 7.78. The number of ether oxygens (including phenoxy) is 1. The zero-order valence-electron chi connectivity index (χ0n) is 13.2. The lowest BCUT2D eigenvalue weighted by Crippen LogP contribution is -2.27. The Morgan fingerprint density at radius 3 is 2.71 bits per heavy atom. The van der Waals surface area contributed by atoms with Crippen LogP contribution in [0.3, 0.4) is 0 Å². The molecule has 0 bridgehead atoms. The van der Waals surface area contributed by atoms with Gasteiger partial charge in [-0.05, 0) is 60.9 Å². The van der Waals surface area contributed by atoms with E-state index in [1.807, 2.05) is 23.9 Å². The van der Waals surface area contributed by atoms with Gasteiger partial charge in [-0.3, -0.25) is 0 Å². The van der Waals surface area contributed by atoms with Crippen LogP contribution in [0.1, 0.15) is 25.3 Å². The summed E-state index contributed by atoms with van der Waals surface area (Å²) >= 11 is 2.00. The smallest absolute Gasteiger partial charge is 0.123 e. The highest BCUT2D eigenvalue weighted by Gasteiger charge is 2.09. The van der Waals surface area contributed by atoms with E-state index < -0.39 is 0 Å². The van der Waals surface area contributed by atoms with Crippen molar-refractivity contribution in [3.63, 3.8) is 0 Å². The molecule has 0 heterocycles. The molecule has 0 aliphatic heterocycles. The Kier molecular flexibility index (Phi) is 10.6. The van der Waals surface area contributed by atoms with Gasteiger partial charge in [0.15, 0.2) is 0 Å². The van der Waals surface area contributed by atoms with Gasteiger partial charge in [0.25, 0.3) is 0 Å². The van der Waals surface area contributed by atoms with Gasteiger partial charge in [0, 0.05) is 13.7 Å². The Bertz CT molecular complexity index is 346. The van der Waals surface area contributed by atoms with Crippen LogP contribution in [0, 0.1) is 11.7 Å². The van der Waals surface area contributed by atoms with Crippen molar-refractivity contribution in [2.75, 3.05) is 38.3 Å². The molecule has 1 aromatic carbocycles. The second-order valence-electron chi connectivity index (χ2n) is 5.23. The van der Waals surface area contributed by atoms with Crippen molar-refractivity contribution in [2.24, 2.45) is 5.92 Å². The standard InChI is InChI=1S/C17H28FNOS/c1-3-21-12-4-5-16(14-19-10-11-20-2)13-15-6-8-17(18)9-7-15/h6-9,16,19H,3-5,10-14H2,1-2H3. The normalized spacial score (nSPS) is 12.5. The Morgan fingerprint density at radius 2 is 2.05 bits per heavy atom. The molecule has 1 unspecified atom stereocenters. The van der Waals surface area contributed by atoms with Crippen molar-refractivity contribution < 1.29 is 9.13 Å². The Balaban J connectivity index is 2.39. The number of methoxy groups -OCH3 is 1. The van der Waals surface area contributed by atoms with E-state index in [2.05, 4.69) is 12.2 Å². The van der Waals surface area contributed by atoms with Crippen LogP contribution in [0.25, 0.3) is 0 Å². The molecule has 0 saturated heterocycles. The summed E-state index contributed by atoms with van der Waals surface area (Å²) in [4.78, 5) is 0. The minimum Gasteiger partial charge on any atom is -0.383 e. The van der Waals surface area contributed by atoms with Gasteiger partial charge in [0.2, 0.25) is 0 Å². The molecule has 0 spiro atoms. The van der Waals surface area contributed by atoms with Crippen molar-refractivity contribution >= 4 is 11.8 Å². The quantitative estimate of drug-likeness (QED) is 0.594. The minimum absolute atomic E-state index is 0.159. The molecule has 0 aromatic heterocycles. The Hall–Kier alpha value is -0.580. The molecule has 1 aromatic rings. The van der Waals surface area contributed by atoms with Gasteiger partial charge < -0.3 is 10.1 Å². The number of benzene rings is 1. The highest BCUT2D eigenvalue weighted by atomic mass is 32.2. The predicted octanol–water partition coefficient (Wildman–Crippen LogP) is 3.75. The van der Waals surface area contributed by atoms with Crippen LogP contribution in [0.4, 0.5) is 4.39 Å². The van der Waals surface area contributed by atoms with E-state index in [4.69, 9.17) is 4.74 Å². The minimum atomic E-state index is -0.159. The first-order chi connectivity index (χ1) is 10.3. The lowest BCUT2D eigenvalue weighted by atomic mass is 9.95. The summed E-state index contributed by atoms with van der Waals surface area (Å²) in [6.45, 7) is 4.83. The maximum Gasteiger partial charge on any atom is 0.123 e. The third-order valence-corrected chi connectivity index (χ3v) is 4.44. The van der Waals surface area contributed by atoms with Gasteiger partial charge in [-0.2, -0.15) is 11.8 Å². The summed E-state index contributed by atoms with van der Waals surface area (Å²) in [6, 6.07) is 6.91. The summed E-state index contributed by atoms with van der Waals surface area (Å²) in [5, 5.41) is 3.45. The van der Waals surface area contributed by atoms with Gasteiger partial charge in [-0.25, -0.2) is 4.39 Å². The monoisotopic (exact) mass is 313 g/mol. The fourth-order valence-electron chi connectivity index (χ4n) is 2.33. The van der Waals surface area contributed by atoms with Crippen molar-refractivity contribution in [1.82, 2.24) is 5.32 Å². The van der Waals surface area contributed by atoms with Crippen LogP contribution in [0.15, 0.2) is 24.3 Å². The van der Waals surface area contributed by atoms with Crippen molar-refractivity contribution in [1.29, 1.82) is 0 Å². The molecular weight excluding hydrogens is 285 g/mol. The van der Waals surface area contributed by atoms with Gasteiger partial charge in [0.1, 0.15) is 5.82 Å². The number of hydrogen-bond donors (Lipinski definition) is 1. The molecular formula is C17H28FNOS. The van der Waals surface area contributed by atoms with Crippen molar-refractivity contribution in [2.45, 2.75) is 26.2 Å². The van der Waals surface area contributed by atoms with Crippen LogP contribution in [-0.2, 0) is 11.2 Å². The van der Waals surface area contributed by atoms with Crippen LogP contribution in [-0.4, -0.2) is 38.3 Å².